The van der Waals surface area contributed by atoms with E-state index in [0.717, 1.165) is 45.3 Å². The fourth-order valence-electron chi connectivity index (χ4n) is 4.99. The molecule has 0 radical (unpaired) electrons. The summed E-state index contributed by atoms with van der Waals surface area (Å²) in [5.41, 5.74) is 2.66. The second-order valence-electron chi connectivity index (χ2n) is 9.32. The highest BCUT2D eigenvalue weighted by Gasteiger charge is 2.34. The molecular weight excluding hydrogens is 426 g/mol. The lowest BCUT2D eigenvalue weighted by molar-refractivity contribution is -0.162. The first-order chi connectivity index (χ1) is 16.6. The van der Waals surface area contributed by atoms with Crippen molar-refractivity contribution in [3.8, 4) is 0 Å². The van der Waals surface area contributed by atoms with E-state index in [1.54, 1.807) is 13.8 Å². The van der Waals surface area contributed by atoms with Crippen molar-refractivity contribution in [2.45, 2.75) is 59.0 Å². The Hall–Kier alpha value is -2.66. The van der Waals surface area contributed by atoms with Crippen molar-refractivity contribution < 1.29 is 19.1 Å². The molecule has 0 bridgehead atoms. The second kappa shape index (κ2) is 13.9. The van der Waals surface area contributed by atoms with Crippen LogP contribution in [0.5, 0.6) is 0 Å². The molecule has 0 atom stereocenters. The molecule has 2 aromatic rings. The molecule has 1 saturated carbocycles. The van der Waals surface area contributed by atoms with Gasteiger partial charge in [0.1, 0.15) is 0 Å². The number of esters is 2. The number of nitrogens with zero attached hydrogens (tertiary/aromatic N) is 1. The van der Waals surface area contributed by atoms with Crippen LogP contribution in [0.1, 0.15) is 57.1 Å². The fourth-order valence-corrected chi connectivity index (χ4v) is 4.99. The molecular formula is C29H39NO4. The number of ether oxygens (including phenoxy) is 2. The third-order valence-corrected chi connectivity index (χ3v) is 6.69. The molecule has 0 heterocycles. The van der Waals surface area contributed by atoms with Crippen LogP contribution in [0.15, 0.2) is 60.7 Å². The predicted molar refractivity (Wildman–Crippen MR) is 134 cm³/mol. The normalized spacial score (nSPS) is 18.1. The highest BCUT2D eigenvalue weighted by molar-refractivity contribution is 5.94. The number of rotatable bonds is 12. The Balaban J connectivity index is 1.56. The van der Waals surface area contributed by atoms with Gasteiger partial charge in [0.2, 0.25) is 0 Å². The molecule has 3 rings (SSSR count). The van der Waals surface area contributed by atoms with Crippen molar-refractivity contribution in [3.63, 3.8) is 0 Å². The first kappa shape index (κ1) is 26.0. The predicted octanol–water partition coefficient (Wildman–Crippen LogP) is 5.63. The van der Waals surface area contributed by atoms with Gasteiger partial charge in [-0.3, -0.25) is 14.5 Å². The molecule has 2 aromatic carbocycles. The molecule has 1 aliphatic rings. The summed E-state index contributed by atoms with van der Waals surface area (Å²) in [5.74, 6) is -0.715. The van der Waals surface area contributed by atoms with Crippen LogP contribution in [-0.2, 0) is 32.2 Å². The van der Waals surface area contributed by atoms with Gasteiger partial charge in [-0.1, -0.05) is 73.5 Å². The average Bonchev–Trinajstić information content (AvgIpc) is 2.85. The maximum atomic E-state index is 12.4. The SMILES string of the molecule is CCOC(=O)C(C[C@H]1CC[C@@H](CN(Cc2ccccc2)Cc2ccccc2)CC1)C(=O)OCC. The van der Waals surface area contributed by atoms with Gasteiger partial charge in [0.05, 0.1) is 13.2 Å². The van der Waals surface area contributed by atoms with Crippen molar-refractivity contribution >= 4 is 11.9 Å². The maximum absolute atomic E-state index is 12.4. The molecule has 184 valence electrons. The topological polar surface area (TPSA) is 55.8 Å². The molecule has 0 N–H and O–H groups in total. The zero-order chi connectivity index (χ0) is 24.2. The number of carbonyl (C=O) groups excluding carboxylic acids is 2. The van der Waals surface area contributed by atoms with Gasteiger partial charge in [-0.25, -0.2) is 0 Å². The van der Waals surface area contributed by atoms with Gasteiger partial charge in [-0.2, -0.15) is 0 Å². The Labute approximate surface area is 204 Å². The smallest absolute Gasteiger partial charge is 0.320 e. The first-order valence-electron chi connectivity index (χ1n) is 12.7. The van der Waals surface area contributed by atoms with Crippen LogP contribution < -0.4 is 0 Å². The van der Waals surface area contributed by atoms with Gasteiger partial charge in [0.15, 0.2) is 5.92 Å². The lowest BCUT2D eigenvalue weighted by atomic mass is 9.77. The summed E-state index contributed by atoms with van der Waals surface area (Å²) >= 11 is 0. The summed E-state index contributed by atoms with van der Waals surface area (Å²) in [6.07, 6.45) is 4.82. The molecule has 1 fully saturated rings. The van der Waals surface area contributed by atoms with E-state index in [9.17, 15) is 9.59 Å². The van der Waals surface area contributed by atoms with Gasteiger partial charge in [0, 0.05) is 19.6 Å². The summed E-state index contributed by atoms with van der Waals surface area (Å²) < 4.78 is 10.3. The van der Waals surface area contributed by atoms with Crippen molar-refractivity contribution in [2.24, 2.45) is 17.8 Å². The van der Waals surface area contributed by atoms with Crippen molar-refractivity contribution in [1.82, 2.24) is 4.90 Å². The quantitative estimate of drug-likeness (QED) is 0.300. The largest absolute Gasteiger partial charge is 0.465 e. The van der Waals surface area contributed by atoms with Gasteiger partial charge >= 0.3 is 11.9 Å². The van der Waals surface area contributed by atoms with Gasteiger partial charge in [0.25, 0.3) is 0 Å². The van der Waals surface area contributed by atoms with E-state index < -0.39 is 17.9 Å². The van der Waals surface area contributed by atoms with Gasteiger partial charge < -0.3 is 9.47 Å². The minimum atomic E-state index is -0.797. The van der Waals surface area contributed by atoms with Crippen LogP contribution in [0, 0.1) is 17.8 Å². The zero-order valence-corrected chi connectivity index (χ0v) is 20.7. The Morgan fingerprint density at radius 3 is 1.65 bits per heavy atom. The molecule has 5 nitrogen and oxygen atoms in total. The van der Waals surface area contributed by atoms with E-state index in [4.69, 9.17) is 9.47 Å². The average molecular weight is 466 g/mol. The van der Waals surface area contributed by atoms with Crippen molar-refractivity contribution in [3.05, 3.63) is 71.8 Å². The van der Waals surface area contributed by atoms with Crippen LogP contribution >= 0.6 is 0 Å². The number of carbonyl (C=O) groups is 2. The third-order valence-electron chi connectivity index (χ3n) is 6.69. The van der Waals surface area contributed by atoms with E-state index in [1.165, 1.54) is 11.1 Å². The molecule has 0 aromatic heterocycles. The second-order valence-corrected chi connectivity index (χ2v) is 9.32. The van der Waals surface area contributed by atoms with Crippen LogP contribution in [-0.4, -0.2) is 36.6 Å². The van der Waals surface area contributed by atoms with Crippen LogP contribution in [0.4, 0.5) is 0 Å². The number of benzene rings is 2. The van der Waals surface area contributed by atoms with E-state index in [0.29, 0.717) is 18.3 Å². The Morgan fingerprint density at radius 1 is 0.765 bits per heavy atom. The molecule has 0 aliphatic heterocycles. The molecule has 5 heteroatoms. The first-order valence-corrected chi connectivity index (χ1v) is 12.7. The highest BCUT2D eigenvalue weighted by Crippen LogP contribution is 2.34. The van der Waals surface area contributed by atoms with E-state index in [1.807, 2.05) is 0 Å². The summed E-state index contributed by atoms with van der Waals surface area (Å²) in [4.78, 5) is 27.3. The summed E-state index contributed by atoms with van der Waals surface area (Å²) in [6, 6.07) is 21.3. The Morgan fingerprint density at radius 2 is 1.21 bits per heavy atom. The summed E-state index contributed by atoms with van der Waals surface area (Å²) in [6.45, 7) is 7.01. The minimum Gasteiger partial charge on any atom is -0.465 e. The summed E-state index contributed by atoms with van der Waals surface area (Å²) in [7, 11) is 0. The van der Waals surface area contributed by atoms with Crippen molar-refractivity contribution in [1.29, 1.82) is 0 Å². The van der Waals surface area contributed by atoms with Gasteiger partial charge in [-0.15, -0.1) is 0 Å². The monoisotopic (exact) mass is 465 g/mol. The molecule has 0 spiro atoms. The van der Waals surface area contributed by atoms with Crippen LogP contribution in [0.25, 0.3) is 0 Å². The number of hydrogen-bond donors (Lipinski definition) is 0. The van der Waals surface area contributed by atoms with E-state index >= 15 is 0 Å². The Kier molecular flexibility index (Phi) is 10.6. The molecule has 34 heavy (non-hydrogen) atoms. The number of hydrogen-bond acceptors (Lipinski definition) is 5. The van der Waals surface area contributed by atoms with E-state index in [2.05, 4.69) is 65.6 Å². The Bertz CT molecular complexity index is 803. The highest BCUT2D eigenvalue weighted by atomic mass is 16.6. The van der Waals surface area contributed by atoms with Crippen LogP contribution in [0.2, 0.25) is 0 Å². The van der Waals surface area contributed by atoms with Crippen LogP contribution in [0.3, 0.4) is 0 Å². The van der Waals surface area contributed by atoms with Gasteiger partial charge in [-0.05, 0) is 56.1 Å². The van der Waals surface area contributed by atoms with E-state index in [-0.39, 0.29) is 13.2 Å². The lowest BCUT2D eigenvalue weighted by Crippen LogP contribution is -2.33. The molecule has 0 amide bonds. The van der Waals surface area contributed by atoms with Crippen molar-refractivity contribution in [2.75, 3.05) is 19.8 Å². The molecule has 1 aliphatic carbocycles. The fraction of sp³-hybridized carbons (Fsp3) is 0.517. The lowest BCUT2D eigenvalue weighted by Gasteiger charge is -2.33. The minimum absolute atomic E-state index is 0.278. The summed E-state index contributed by atoms with van der Waals surface area (Å²) in [5, 5.41) is 0. The zero-order valence-electron chi connectivity index (χ0n) is 20.7. The molecule has 0 saturated heterocycles. The third kappa shape index (κ3) is 8.28. The molecule has 0 unspecified atom stereocenters. The maximum Gasteiger partial charge on any atom is 0.320 e. The standard InChI is InChI=1S/C29H39NO4/c1-3-33-28(31)27(29(32)34-4-2)19-23-15-17-26(18-16-23)22-30(20-24-11-7-5-8-12-24)21-25-13-9-6-10-14-25/h5-14,23,26-27H,3-4,15-22H2,1-2H3/t23-,26+.